The highest BCUT2D eigenvalue weighted by atomic mass is 32.1. The number of hydrogen-bond acceptors (Lipinski definition) is 3. The smallest absolute Gasteiger partial charge is 0.0529 e. The molecule has 0 bridgehead atoms. The molecule has 1 saturated carbocycles. The Morgan fingerprint density at radius 2 is 1.90 bits per heavy atom. The van der Waals surface area contributed by atoms with Crippen LogP contribution in [-0.4, -0.2) is 13.1 Å². The maximum Gasteiger partial charge on any atom is 0.0529 e. The minimum absolute atomic E-state index is 0.219. The molecule has 3 rings (SSSR count). The molecule has 2 aromatic rings. The van der Waals surface area contributed by atoms with Crippen molar-refractivity contribution in [2.75, 3.05) is 13.1 Å². The van der Waals surface area contributed by atoms with Crippen molar-refractivity contribution in [1.82, 2.24) is 5.32 Å². The van der Waals surface area contributed by atoms with Gasteiger partial charge in [0.05, 0.1) is 5.54 Å². The van der Waals surface area contributed by atoms with Crippen LogP contribution in [0.4, 0.5) is 0 Å². The van der Waals surface area contributed by atoms with Crippen molar-refractivity contribution >= 4 is 21.4 Å². The van der Waals surface area contributed by atoms with E-state index in [1.165, 1.54) is 53.5 Å². The number of hydrogen-bond donors (Lipinski definition) is 2. The summed E-state index contributed by atoms with van der Waals surface area (Å²) in [5, 5.41) is 5.30. The van der Waals surface area contributed by atoms with Crippen molar-refractivity contribution in [3.8, 4) is 0 Å². The number of benzene rings is 1. The molecule has 1 aliphatic rings. The van der Waals surface area contributed by atoms with E-state index in [2.05, 4.69) is 35.6 Å². The predicted molar refractivity (Wildman–Crippen MR) is 92.9 cm³/mol. The fraction of sp³-hybridized carbons (Fsp3) is 0.556. The SMILES string of the molecule is NCCCCNC1(c2cc3ccccc3s2)CCCCC1. The Balaban J connectivity index is 1.83. The summed E-state index contributed by atoms with van der Waals surface area (Å²) in [5.74, 6) is 0. The molecule has 0 atom stereocenters. The molecule has 1 heterocycles. The third-order valence-electron chi connectivity index (χ3n) is 4.70. The Bertz CT molecular complexity index is 536. The molecule has 0 radical (unpaired) electrons. The Labute approximate surface area is 131 Å². The molecule has 0 unspecified atom stereocenters. The average Bonchev–Trinajstić information content (AvgIpc) is 2.97. The third kappa shape index (κ3) is 3.31. The van der Waals surface area contributed by atoms with Gasteiger partial charge in [0.15, 0.2) is 0 Å². The van der Waals surface area contributed by atoms with Crippen LogP contribution in [0.15, 0.2) is 30.3 Å². The van der Waals surface area contributed by atoms with Gasteiger partial charge in [-0.2, -0.15) is 0 Å². The van der Waals surface area contributed by atoms with E-state index in [1.807, 2.05) is 11.3 Å². The number of nitrogens with one attached hydrogen (secondary N) is 1. The van der Waals surface area contributed by atoms with Gasteiger partial charge in [0.1, 0.15) is 0 Å². The molecule has 3 N–H and O–H groups in total. The Hall–Kier alpha value is -0.900. The molecule has 1 aliphatic carbocycles. The first-order valence-electron chi connectivity index (χ1n) is 8.28. The van der Waals surface area contributed by atoms with Gasteiger partial charge in [-0.15, -0.1) is 11.3 Å². The van der Waals surface area contributed by atoms with Gasteiger partial charge >= 0.3 is 0 Å². The summed E-state index contributed by atoms with van der Waals surface area (Å²) in [6, 6.07) is 11.2. The largest absolute Gasteiger partial charge is 0.330 e. The van der Waals surface area contributed by atoms with Gasteiger partial charge in [-0.3, -0.25) is 0 Å². The number of fused-ring (bicyclic) bond motifs is 1. The van der Waals surface area contributed by atoms with Crippen molar-refractivity contribution in [3.63, 3.8) is 0 Å². The summed E-state index contributed by atoms with van der Waals surface area (Å²) in [6.45, 7) is 1.89. The monoisotopic (exact) mass is 302 g/mol. The van der Waals surface area contributed by atoms with E-state index in [0.717, 1.165) is 19.5 Å². The van der Waals surface area contributed by atoms with Crippen molar-refractivity contribution in [3.05, 3.63) is 35.2 Å². The molecule has 1 aromatic carbocycles. The topological polar surface area (TPSA) is 38.0 Å². The minimum Gasteiger partial charge on any atom is -0.330 e. The first-order chi connectivity index (χ1) is 10.3. The summed E-state index contributed by atoms with van der Waals surface area (Å²) in [6.07, 6.45) is 8.94. The molecule has 1 fully saturated rings. The second kappa shape index (κ2) is 6.91. The first kappa shape index (κ1) is 15.0. The third-order valence-corrected chi connectivity index (χ3v) is 6.02. The molecule has 0 amide bonds. The highest BCUT2D eigenvalue weighted by molar-refractivity contribution is 7.19. The van der Waals surface area contributed by atoms with Gasteiger partial charge in [0.25, 0.3) is 0 Å². The molecule has 0 aliphatic heterocycles. The number of thiophene rings is 1. The van der Waals surface area contributed by atoms with E-state index < -0.39 is 0 Å². The highest BCUT2D eigenvalue weighted by Crippen LogP contribution is 2.42. The van der Waals surface area contributed by atoms with Crippen LogP contribution in [0, 0.1) is 0 Å². The van der Waals surface area contributed by atoms with Crippen LogP contribution in [0.3, 0.4) is 0 Å². The summed E-state index contributed by atoms with van der Waals surface area (Å²) in [5.41, 5.74) is 5.84. The zero-order valence-corrected chi connectivity index (χ0v) is 13.6. The minimum atomic E-state index is 0.219. The molecular weight excluding hydrogens is 276 g/mol. The lowest BCUT2D eigenvalue weighted by Crippen LogP contribution is -2.43. The second-order valence-electron chi connectivity index (χ2n) is 6.21. The quantitative estimate of drug-likeness (QED) is 0.777. The number of rotatable bonds is 6. The summed E-state index contributed by atoms with van der Waals surface area (Å²) in [4.78, 5) is 1.54. The number of nitrogens with two attached hydrogens (primary N) is 1. The van der Waals surface area contributed by atoms with Crippen LogP contribution >= 0.6 is 11.3 Å². The van der Waals surface area contributed by atoms with Gasteiger partial charge in [0, 0.05) is 9.58 Å². The predicted octanol–water partition coefficient (Wildman–Crippen LogP) is 4.39. The van der Waals surface area contributed by atoms with Gasteiger partial charge in [0.2, 0.25) is 0 Å². The molecule has 3 heteroatoms. The van der Waals surface area contributed by atoms with Crippen molar-refractivity contribution in [1.29, 1.82) is 0 Å². The van der Waals surface area contributed by atoms with Crippen molar-refractivity contribution < 1.29 is 0 Å². The van der Waals surface area contributed by atoms with E-state index in [-0.39, 0.29) is 5.54 Å². The number of unbranched alkanes of at least 4 members (excludes halogenated alkanes) is 1. The lowest BCUT2D eigenvalue weighted by molar-refractivity contribution is 0.238. The normalized spacial score (nSPS) is 18.1. The molecule has 0 spiro atoms. The Kier molecular flexibility index (Phi) is 4.94. The summed E-state index contributed by atoms with van der Waals surface area (Å²) in [7, 11) is 0. The maximum absolute atomic E-state index is 5.62. The van der Waals surface area contributed by atoms with Crippen LogP contribution in [0.25, 0.3) is 10.1 Å². The van der Waals surface area contributed by atoms with Gasteiger partial charge in [-0.1, -0.05) is 37.5 Å². The molecule has 0 saturated heterocycles. The maximum atomic E-state index is 5.62. The van der Waals surface area contributed by atoms with Gasteiger partial charge in [-0.25, -0.2) is 0 Å². The Morgan fingerprint density at radius 1 is 1.10 bits per heavy atom. The average molecular weight is 302 g/mol. The van der Waals surface area contributed by atoms with Crippen LogP contribution in [-0.2, 0) is 5.54 Å². The van der Waals surface area contributed by atoms with E-state index in [0.29, 0.717) is 0 Å². The second-order valence-corrected chi connectivity index (χ2v) is 7.30. The van der Waals surface area contributed by atoms with E-state index in [1.54, 1.807) is 0 Å². The first-order valence-corrected chi connectivity index (χ1v) is 9.10. The highest BCUT2D eigenvalue weighted by Gasteiger charge is 2.34. The molecular formula is C18H26N2S. The van der Waals surface area contributed by atoms with E-state index in [4.69, 9.17) is 5.73 Å². The fourth-order valence-corrected chi connectivity index (χ4v) is 4.77. The van der Waals surface area contributed by atoms with Crippen molar-refractivity contribution in [2.45, 2.75) is 50.5 Å². The molecule has 2 nitrogen and oxygen atoms in total. The summed E-state index contributed by atoms with van der Waals surface area (Å²) >= 11 is 1.98. The molecule has 1 aromatic heterocycles. The zero-order chi connectivity index (χ0) is 14.5. The Morgan fingerprint density at radius 3 is 2.67 bits per heavy atom. The van der Waals surface area contributed by atoms with E-state index in [9.17, 15) is 0 Å². The molecule has 21 heavy (non-hydrogen) atoms. The van der Waals surface area contributed by atoms with Crippen LogP contribution in [0.1, 0.15) is 49.8 Å². The molecule has 114 valence electrons. The lowest BCUT2D eigenvalue weighted by atomic mass is 9.80. The van der Waals surface area contributed by atoms with E-state index >= 15 is 0 Å². The van der Waals surface area contributed by atoms with Crippen LogP contribution in [0.2, 0.25) is 0 Å². The van der Waals surface area contributed by atoms with Gasteiger partial charge in [-0.05, 0) is 56.3 Å². The van der Waals surface area contributed by atoms with Gasteiger partial charge < -0.3 is 11.1 Å². The standard InChI is InChI=1S/C18H26N2S/c19-12-6-7-13-20-18(10-4-1-5-11-18)17-14-15-8-2-3-9-16(15)21-17/h2-3,8-9,14,20H,1,4-7,10-13,19H2. The van der Waals surface area contributed by atoms with Crippen LogP contribution < -0.4 is 11.1 Å². The van der Waals surface area contributed by atoms with Crippen molar-refractivity contribution in [2.24, 2.45) is 5.73 Å². The van der Waals surface area contributed by atoms with Crippen LogP contribution in [0.5, 0.6) is 0 Å². The summed E-state index contributed by atoms with van der Waals surface area (Å²) < 4.78 is 1.42. The lowest BCUT2D eigenvalue weighted by Gasteiger charge is -2.38. The zero-order valence-electron chi connectivity index (χ0n) is 12.7. The fourth-order valence-electron chi connectivity index (χ4n) is 3.48.